The molecular weight excluding hydrogens is 170 g/mol. The molecule has 0 radical (unpaired) electrons. The second-order valence-corrected chi connectivity index (χ2v) is 2.58. The van der Waals surface area contributed by atoms with Crippen LogP contribution in [0.25, 0.3) is 0 Å². The van der Waals surface area contributed by atoms with Crippen LogP contribution in [0.1, 0.15) is 0 Å². The lowest BCUT2D eigenvalue weighted by Gasteiger charge is -1.94. The second-order valence-electron chi connectivity index (χ2n) is 1.43. The van der Waals surface area contributed by atoms with Gasteiger partial charge in [-0.1, -0.05) is 18.3 Å². The first kappa shape index (κ1) is 9.45. The molecule has 0 spiro atoms. The maximum atomic E-state index is 9.88. The smallest absolute Gasteiger partial charge is 0.328 e. The maximum absolute atomic E-state index is 9.88. The first-order chi connectivity index (χ1) is 4.63. The van der Waals surface area contributed by atoms with Crippen molar-refractivity contribution in [2.24, 2.45) is 0 Å². The average molecular weight is 177 g/mol. The number of aliphatic carboxylic acids is 1. The first-order valence-corrected chi connectivity index (χ1v) is 3.34. The third-order valence-corrected chi connectivity index (χ3v) is 0.934. The van der Waals surface area contributed by atoms with Crippen molar-refractivity contribution in [3.05, 3.63) is 12.2 Å². The maximum Gasteiger partial charge on any atom is 0.328 e. The highest BCUT2D eigenvalue weighted by atomic mass is 32.1. The van der Waals surface area contributed by atoms with Gasteiger partial charge in [-0.05, 0) is 0 Å². The van der Waals surface area contributed by atoms with Crippen LogP contribution in [0.2, 0.25) is 0 Å². The van der Waals surface area contributed by atoms with Gasteiger partial charge >= 0.3 is 5.97 Å². The fraction of sp³-hybridized carbons (Fsp3) is 0.200. The van der Waals surface area contributed by atoms with Crippen LogP contribution in [-0.2, 0) is 4.79 Å². The van der Waals surface area contributed by atoms with E-state index in [-0.39, 0.29) is 0 Å². The number of carbonyl (C=O) groups is 1. The standard InChI is InChI=1S/C5H7NO2S2/c7-4(8)2-1-3-6-5(9)10/h1-2H,3H2,(H,7,8)(H2,6,9,10). The molecule has 5 heteroatoms. The van der Waals surface area contributed by atoms with Gasteiger partial charge in [-0.15, -0.1) is 12.6 Å². The van der Waals surface area contributed by atoms with Crippen LogP contribution in [0.5, 0.6) is 0 Å². The van der Waals surface area contributed by atoms with Crippen molar-refractivity contribution in [1.82, 2.24) is 5.32 Å². The summed E-state index contributed by atoms with van der Waals surface area (Å²) in [6.07, 6.45) is 2.49. The zero-order valence-electron chi connectivity index (χ0n) is 5.07. The highest BCUT2D eigenvalue weighted by molar-refractivity contribution is 8.11. The molecule has 0 saturated carbocycles. The summed E-state index contributed by atoms with van der Waals surface area (Å²) in [4.78, 5) is 9.88. The summed E-state index contributed by atoms with van der Waals surface area (Å²) < 4.78 is 0.357. The van der Waals surface area contributed by atoms with Gasteiger partial charge in [-0.2, -0.15) is 0 Å². The molecule has 56 valence electrons. The summed E-state index contributed by atoms with van der Waals surface area (Å²) in [7, 11) is 0. The Morgan fingerprint density at radius 1 is 1.80 bits per heavy atom. The van der Waals surface area contributed by atoms with Gasteiger partial charge in [0.25, 0.3) is 0 Å². The number of thiol groups is 1. The molecule has 0 saturated heterocycles. The molecule has 10 heavy (non-hydrogen) atoms. The highest BCUT2D eigenvalue weighted by Crippen LogP contribution is 1.77. The number of hydrogen-bond donors (Lipinski definition) is 3. The van der Waals surface area contributed by atoms with Gasteiger partial charge in [0, 0.05) is 12.6 Å². The van der Waals surface area contributed by atoms with Gasteiger partial charge in [-0.3, -0.25) is 0 Å². The minimum atomic E-state index is -0.966. The molecule has 0 heterocycles. The number of carboxylic acids is 1. The third kappa shape index (κ3) is 7.45. The zero-order valence-corrected chi connectivity index (χ0v) is 6.78. The highest BCUT2D eigenvalue weighted by Gasteiger charge is 1.84. The van der Waals surface area contributed by atoms with E-state index in [1.807, 2.05) is 0 Å². The van der Waals surface area contributed by atoms with Crippen molar-refractivity contribution in [3.63, 3.8) is 0 Å². The Labute approximate surface area is 69.5 Å². The topological polar surface area (TPSA) is 49.3 Å². The summed E-state index contributed by atoms with van der Waals surface area (Å²) in [6.45, 7) is 0.397. The Kier molecular flexibility index (Phi) is 4.96. The van der Waals surface area contributed by atoms with Crippen molar-refractivity contribution in [2.75, 3.05) is 6.54 Å². The third-order valence-electron chi connectivity index (χ3n) is 0.632. The molecule has 0 aliphatic heterocycles. The SMILES string of the molecule is O=C(O)C=CCNC(=S)S. The fourth-order valence-corrected chi connectivity index (χ4v) is 0.481. The Morgan fingerprint density at radius 3 is 2.80 bits per heavy atom. The quantitative estimate of drug-likeness (QED) is 0.332. The van der Waals surface area contributed by atoms with Crippen LogP contribution >= 0.6 is 24.8 Å². The lowest BCUT2D eigenvalue weighted by Crippen LogP contribution is -2.15. The van der Waals surface area contributed by atoms with Gasteiger partial charge in [-0.25, -0.2) is 4.79 Å². The van der Waals surface area contributed by atoms with Gasteiger partial charge < -0.3 is 10.4 Å². The van der Waals surface area contributed by atoms with E-state index in [4.69, 9.17) is 5.11 Å². The fourth-order valence-electron chi connectivity index (χ4n) is 0.306. The van der Waals surface area contributed by atoms with E-state index >= 15 is 0 Å². The van der Waals surface area contributed by atoms with Crippen LogP contribution in [0.15, 0.2) is 12.2 Å². The van der Waals surface area contributed by atoms with E-state index in [1.165, 1.54) is 6.08 Å². The molecule has 0 fully saturated rings. The predicted octanol–water partition coefficient (Wildman–Crippen LogP) is 0.432. The minimum Gasteiger partial charge on any atom is -0.478 e. The van der Waals surface area contributed by atoms with Crippen molar-refractivity contribution < 1.29 is 9.90 Å². The molecule has 0 aromatic carbocycles. The van der Waals surface area contributed by atoms with E-state index in [0.29, 0.717) is 10.9 Å². The number of hydrogen-bond acceptors (Lipinski definition) is 2. The van der Waals surface area contributed by atoms with Crippen LogP contribution in [0, 0.1) is 0 Å². The lowest BCUT2D eigenvalue weighted by molar-refractivity contribution is -0.131. The molecule has 0 aromatic rings. The van der Waals surface area contributed by atoms with Crippen LogP contribution in [0.4, 0.5) is 0 Å². The Balaban J connectivity index is 3.36. The second kappa shape index (κ2) is 5.25. The molecule has 3 nitrogen and oxygen atoms in total. The Bertz CT molecular complexity index is 167. The summed E-state index contributed by atoms with van der Waals surface area (Å²) in [5.41, 5.74) is 0. The van der Waals surface area contributed by atoms with Crippen molar-refractivity contribution in [2.45, 2.75) is 0 Å². The summed E-state index contributed by atoms with van der Waals surface area (Å²) in [6, 6.07) is 0. The lowest BCUT2D eigenvalue weighted by atomic mass is 10.5. The normalized spacial score (nSPS) is 9.70. The first-order valence-electron chi connectivity index (χ1n) is 2.49. The molecule has 0 aliphatic carbocycles. The van der Waals surface area contributed by atoms with E-state index in [2.05, 4.69) is 30.2 Å². The van der Waals surface area contributed by atoms with Crippen LogP contribution in [-0.4, -0.2) is 21.9 Å². The van der Waals surface area contributed by atoms with E-state index < -0.39 is 5.97 Å². The van der Waals surface area contributed by atoms with E-state index in [9.17, 15) is 4.79 Å². The van der Waals surface area contributed by atoms with Crippen molar-refractivity contribution in [1.29, 1.82) is 0 Å². The molecule has 2 N–H and O–H groups in total. The summed E-state index contributed by atoms with van der Waals surface area (Å²) >= 11 is 8.31. The Hall–Kier alpha value is -0.550. The molecule has 0 aliphatic rings. The predicted molar refractivity (Wildman–Crippen MR) is 46.4 cm³/mol. The van der Waals surface area contributed by atoms with E-state index in [1.54, 1.807) is 0 Å². The molecule has 0 unspecified atom stereocenters. The summed E-state index contributed by atoms with van der Waals surface area (Å²) in [5.74, 6) is -0.966. The van der Waals surface area contributed by atoms with Crippen LogP contribution < -0.4 is 5.32 Å². The molecule has 0 rings (SSSR count). The van der Waals surface area contributed by atoms with Gasteiger partial charge in [0.1, 0.15) is 4.32 Å². The number of thiocarbonyl (C=S) groups is 1. The number of nitrogens with one attached hydrogen (secondary N) is 1. The van der Waals surface area contributed by atoms with Crippen LogP contribution in [0.3, 0.4) is 0 Å². The molecule has 0 atom stereocenters. The minimum absolute atomic E-state index is 0.357. The monoisotopic (exact) mass is 177 g/mol. The van der Waals surface area contributed by atoms with Gasteiger partial charge in [0.15, 0.2) is 0 Å². The largest absolute Gasteiger partial charge is 0.478 e. The number of rotatable bonds is 3. The zero-order chi connectivity index (χ0) is 7.98. The number of carboxylic acid groups (broad SMARTS) is 1. The van der Waals surface area contributed by atoms with E-state index in [0.717, 1.165) is 6.08 Å². The molecule has 0 bridgehead atoms. The molecule has 0 amide bonds. The molecular formula is C5H7NO2S2. The summed E-state index contributed by atoms with van der Waals surface area (Å²) in [5, 5.41) is 10.8. The Morgan fingerprint density at radius 2 is 2.40 bits per heavy atom. The molecule has 0 aromatic heterocycles. The van der Waals surface area contributed by atoms with Crippen molar-refractivity contribution in [3.8, 4) is 0 Å². The van der Waals surface area contributed by atoms with Gasteiger partial charge in [0.05, 0.1) is 0 Å². The average Bonchev–Trinajstić information content (AvgIpc) is 1.79. The van der Waals surface area contributed by atoms with Crippen molar-refractivity contribution >= 4 is 35.1 Å². The van der Waals surface area contributed by atoms with Gasteiger partial charge in [0.2, 0.25) is 0 Å².